The predicted octanol–water partition coefficient (Wildman–Crippen LogP) is 4.39. The van der Waals surface area contributed by atoms with Gasteiger partial charge in [0.25, 0.3) is 0 Å². The average molecular weight is 275 g/mol. The van der Waals surface area contributed by atoms with Crippen molar-refractivity contribution in [2.75, 3.05) is 0 Å². The summed E-state index contributed by atoms with van der Waals surface area (Å²) in [4.78, 5) is 0. The Morgan fingerprint density at radius 1 is 1.11 bits per heavy atom. The van der Waals surface area contributed by atoms with E-state index in [1.54, 1.807) is 11.3 Å². The molecule has 0 spiro atoms. The highest BCUT2D eigenvalue weighted by atomic mass is 32.1. The Morgan fingerprint density at radius 3 is 2.42 bits per heavy atom. The molecule has 102 valence electrons. The van der Waals surface area contributed by atoms with Gasteiger partial charge in [-0.3, -0.25) is 0 Å². The minimum atomic E-state index is 0.225. The Balaban J connectivity index is 1.86. The van der Waals surface area contributed by atoms with E-state index in [4.69, 9.17) is 4.74 Å². The molecule has 0 saturated heterocycles. The Labute approximate surface area is 119 Å². The average Bonchev–Trinajstić information content (AvgIpc) is 2.91. The molecular formula is C16H21NOS. The van der Waals surface area contributed by atoms with Gasteiger partial charge in [-0.05, 0) is 60.9 Å². The number of thiophene rings is 1. The Kier molecular flexibility index (Phi) is 5.00. The summed E-state index contributed by atoms with van der Waals surface area (Å²) in [5, 5.41) is 7.84. The zero-order chi connectivity index (χ0) is 13.7. The van der Waals surface area contributed by atoms with Crippen molar-refractivity contribution in [2.45, 2.75) is 39.5 Å². The first-order valence-corrected chi connectivity index (χ1v) is 7.60. The molecule has 1 aromatic carbocycles. The molecule has 0 radical (unpaired) electrons. The van der Waals surface area contributed by atoms with Gasteiger partial charge in [-0.2, -0.15) is 11.3 Å². The third kappa shape index (κ3) is 4.37. The van der Waals surface area contributed by atoms with Crippen molar-refractivity contribution in [3.8, 4) is 5.75 Å². The smallest absolute Gasteiger partial charge is 0.119 e. The molecule has 19 heavy (non-hydrogen) atoms. The first kappa shape index (κ1) is 14.1. The molecule has 1 heterocycles. The van der Waals surface area contributed by atoms with Crippen LogP contribution >= 0.6 is 11.3 Å². The normalized spacial score (nSPS) is 12.6. The van der Waals surface area contributed by atoms with E-state index in [2.05, 4.69) is 41.2 Å². The van der Waals surface area contributed by atoms with Gasteiger partial charge in [-0.25, -0.2) is 0 Å². The molecule has 0 amide bonds. The molecule has 0 aliphatic heterocycles. The van der Waals surface area contributed by atoms with Crippen LogP contribution in [0.3, 0.4) is 0 Å². The maximum Gasteiger partial charge on any atom is 0.119 e. The van der Waals surface area contributed by atoms with Gasteiger partial charge in [0.1, 0.15) is 5.75 Å². The fourth-order valence-corrected chi connectivity index (χ4v) is 2.62. The van der Waals surface area contributed by atoms with E-state index in [-0.39, 0.29) is 6.10 Å². The van der Waals surface area contributed by atoms with Crippen molar-refractivity contribution in [2.24, 2.45) is 0 Å². The number of nitrogens with one attached hydrogen (secondary N) is 1. The number of ether oxygens (including phenoxy) is 1. The summed E-state index contributed by atoms with van der Waals surface area (Å²) < 4.78 is 5.63. The highest BCUT2D eigenvalue weighted by Crippen LogP contribution is 2.17. The van der Waals surface area contributed by atoms with Crippen LogP contribution < -0.4 is 10.1 Å². The molecule has 0 aliphatic carbocycles. The molecular weight excluding hydrogens is 254 g/mol. The van der Waals surface area contributed by atoms with Gasteiger partial charge in [0.15, 0.2) is 0 Å². The molecule has 0 aliphatic rings. The summed E-state index contributed by atoms with van der Waals surface area (Å²) in [5.74, 6) is 0.935. The molecule has 1 N–H and O–H groups in total. The molecule has 1 aromatic heterocycles. The van der Waals surface area contributed by atoms with Gasteiger partial charge in [-0.1, -0.05) is 12.1 Å². The monoisotopic (exact) mass is 275 g/mol. The second kappa shape index (κ2) is 6.73. The SMILES string of the molecule is CC(C)Oc1ccc(CNC(C)c2ccsc2)cc1. The Bertz CT molecular complexity index is 476. The zero-order valence-corrected chi connectivity index (χ0v) is 12.5. The van der Waals surface area contributed by atoms with Crippen LogP contribution in [-0.4, -0.2) is 6.10 Å². The molecule has 1 atom stereocenters. The molecule has 1 unspecified atom stereocenters. The van der Waals surface area contributed by atoms with Crippen LogP contribution in [0.2, 0.25) is 0 Å². The standard InChI is InChI=1S/C16H21NOS/c1-12(2)18-16-6-4-14(5-7-16)10-17-13(3)15-8-9-19-11-15/h4-9,11-13,17H,10H2,1-3H3. The fraction of sp³-hybridized carbons (Fsp3) is 0.375. The van der Waals surface area contributed by atoms with Crippen LogP contribution in [0.15, 0.2) is 41.1 Å². The van der Waals surface area contributed by atoms with Crippen LogP contribution in [0.5, 0.6) is 5.75 Å². The first-order valence-electron chi connectivity index (χ1n) is 6.66. The lowest BCUT2D eigenvalue weighted by atomic mass is 10.1. The van der Waals surface area contributed by atoms with Gasteiger partial charge in [0, 0.05) is 12.6 Å². The van der Waals surface area contributed by atoms with Gasteiger partial charge in [0.05, 0.1) is 6.10 Å². The lowest BCUT2D eigenvalue weighted by molar-refractivity contribution is 0.242. The van der Waals surface area contributed by atoms with E-state index in [1.165, 1.54) is 11.1 Å². The molecule has 0 fully saturated rings. The summed E-state index contributed by atoms with van der Waals surface area (Å²) in [6.45, 7) is 7.15. The van der Waals surface area contributed by atoms with Crippen molar-refractivity contribution in [3.05, 3.63) is 52.2 Å². The topological polar surface area (TPSA) is 21.3 Å². The van der Waals surface area contributed by atoms with Crippen LogP contribution in [0.1, 0.15) is 37.9 Å². The van der Waals surface area contributed by atoms with E-state index in [1.807, 2.05) is 26.0 Å². The van der Waals surface area contributed by atoms with Gasteiger partial charge in [0.2, 0.25) is 0 Å². The number of benzene rings is 1. The van der Waals surface area contributed by atoms with Crippen LogP contribution in [0.25, 0.3) is 0 Å². The first-order chi connectivity index (χ1) is 9.15. The third-order valence-electron chi connectivity index (χ3n) is 2.95. The number of hydrogen-bond donors (Lipinski definition) is 1. The largest absolute Gasteiger partial charge is 0.491 e. The minimum absolute atomic E-state index is 0.225. The van der Waals surface area contributed by atoms with Crippen LogP contribution in [0, 0.1) is 0 Å². The second-order valence-electron chi connectivity index (χ2n) is 4.97. The van der Waals surface area contributed by atoms with Gasteiger partial charge < -0.3 is 10.1 Å². The van der Waals surface area contributed by atoms with Gasteiger partial charge >= 0.3 is 0 Å². The highest BCUT2D eigenvalue weighted by Gasteiger charge is 2.05. The van der Waals surface area contributed by atoms with Crippen LogP contribution in [0.4, 0.5) is 0 Å². The Hall–Kier alpha value is -1.32. The van der Waals surface area contributed by atoms with E-state index in [0.717, 1.165) is 12.3 Å². The van der Waals surface area contributed by atoms with E-state index < -0.39 is 0 Å². The fourth-order valence-electron chi connectivity index (χ4n) is 1.87. The molecule has 2 nitrogen and oxygen atoms in total. The highest BCUT2D eigenvalue weighted by molar-refractivity contribution is 7.07. The number of rotatable bonds is 6. The van der Waals surface area contributed by atoms with E-state index in [9.17, 15) is 0 Å². The van der Waals surface area contributed by atoms with Crippen molar-refractivity contribution in [1.29, 1.82) is 0 Å². The van der Waals surface area contributed by atoms with Crippen LogP contribution in [-0.2, 0) is 6.54 Å². The zero-order valence-electron chi connectivity index (χ0n) is 11.7. The predicted molar refractivity (Wildman–Crippen MR) is 81.8 cm³/mol. The minimum Gasteiger partial charge on any atom is -0.491 e. The summed E-state index contributed by atoms with van der Waals surface area (Å²) in [6, 6.07) is 10.9. The number of hydrogen-bond acceptors (Lipinski definition) is 3. The third-order valence-corrected chi connectivity index (χ3v) is 3.65. The Morgan fingerprint density at radius 2 is 1.84 bits per heavy atom. The molecule has 2 aromatic rings. The van der Waals surface area contributed by atoms with E-state index in [0.29, 0.717) is 6.04 Å². The quantitative estimate of drug-likeness (QED) is 0.844. The van der Waals surface area contributed by atoms with Gasteiger partial charge in [-0.15, -0.1) is 0 Å². The summed E-state index contributed by atoms with van der Waals surface area (Å²) >= 11 is 1.74. The lowest BCUT2D eigenvalue weighted by Crippen LogP contribution is -2.17. The maximum atomic E-state index is 5.63. The molecule has 2 rings (SSSR count). The van der Waals surface area contributed by atoms with Crippen molar-refractivity contribution in [3.63, 3.8) is 0 Å². The summed E-state index contributed by atoms with van der Waals surface area (Å²) in [6.07, 6.45) is 0.225. The van der Waals surface area contributed by atoms with Crippen molar-refractivity contribution in [1.82, 2.24) is 5.32 Å². The molecule has 0 bridgehead atoms. The van der Waals surface area contributed by atoms with Crippen molar-refractivity contribution >= 4 is 11.3 Å². The summed E-state index contributed by atoms with van der Waals surface area (Å²) in [5.41, 5.74) is 2.63. The second-order valence-corrected chi connectivity index (χ2v) is 5.75. The lowest BCUT2D eigenvalue weighted by Gasteiger charge is -2.13. The van der Waals surface area contributed by atoms with Crippen molar-refractivity contribution < 1.29 is 4.74 Å². The molecule has 3 heteroatoms. The van der Waals surface area contributed by atoms with E-state index >= 15 is 0 Å². The summed E-state index contributed by atoms with van der Waals surface area (Å²) in [7, 11) is 0. The molecule has 0 saturated carbocycles. The maximum absolute atomic E-state index is 5.63.